The number of hydrogen-bond donors (Lipinski definition) is 1. The van der Waals surface area contributed by atoms with E-state index in [2.05, 4.69) is 29.4 Å². The summed E-state index contributed by atoms with van der Waals surface area (Å²) < 4.78 is 0. The summed E-state index contributed by atoms with van der Waals surface area (Å²) in [6, 6.07) is 3.69. The minimum absolute atomic E-state index is 0.0146. The average molecular weight is 355 g/mol. The number of nitrogens with one attached hydrogen (secondary N) is 1. The SMILES string of the molecule is CCCC(C)c1nnc(NC(=O)c2ccc([N+](=O)[O-])cc2Cl)s1. The molecule has 1 atom stereocenters. The lowest BCUT2D eigenvalue weighted by atomic mass is 10.1. The molecule has 1 unspecified atom stereocenters. The van der Waals surface area contributed by atoms with Crippen molar-refractivity contribution in [2.24, 2.45) is 0 Å². The number of rotatable bonds is 6. The summed E-state index contributed by atoms with van der Waals surface area (Å²) in [5, 5.41) is 22.6. The molecule has 23 heavy (non-hydrogen) atoms. The van der Waals surface area contributed by atoms with Gasteiger partial charge in [-0.25, -0.2) is 0 Å². The Morgan fingerprint density at radius 3 is 2.83 bits per heavy atom. The lowest BCUT2D eigenvalue weighted by molar-refractivity contribution is -0.384. The van der Waals surface area contributed by atoms with E-state index in [-0.39, 0.29) is 22.2 Å². The number of nitro benzene ring substituents is 1. The number of amides is 1. The van der Waals surface area contributed by atoms with Crippen molar-refractivity contribution in [2.45, 2.75) is 32.6 Å². The van der Waals surface area contributed by atoms with Gasteiger partial charge in [-0.2, -0.15) is 0 Å². The highest BCUT2D eigenvalue weighted by molar-refractivity contribution is 7.15. The van der Waals surface area contributed by atoms with E-state index in [0.717, 1.165) is 23.9 Å². The maximum Gasteiger partial charge on any atom is 0.270 e. The second-order valence-electron chi connectivity index (χ2n) is 5.01. The molecule has 122 valence electrons. The summed E-state index contributed by atoms with van der Waals surface area (Å²) in [5.41, 5.74) is -0.0197. The number of nitrogens with zero attached hydrogens (tertiary/aromatic N) is 3. The molecule has 0 aliphatic rings. The van der Waals surface area contributed by atoms with Gasteiger partial charge < -0.3 is 0 Å². The average Bonchev–Trinajstić information content (AvgIpc) is 2.95. The zero-order chi connectivity index (χ0) is 17.0. The Kier molecular flexibility index (Phi) is 5.62. The van der Waals surface area contributed by atoms with Crippen molar-refractivity contribution >= 4 is 39.7 Å². The van der Waals surface area contributed by atoms with Crippen molar-refractivity contribution in [1.29, 1.82) is 0 Å². The van der Waals surface area contributed by atoms with Crippen LogP contribution in [-0.4, -0.2) is 21.0 Å². The Bertz CT molecular complexity index is 735. The summed E-state index contributed by atoms with van der Waals surface area (Å²) in [7, 11) is 0. The van der Waals surface area contributed by atoms with Gasteiger partial charge in [-0.1, -0.05) is 43.2 Å². The van der Waals surface area contributed by atoms with Crippen molar-refractivity contribution in [2.75, 3.05) is 5.32 Å². The van der Waals surface area contributed by atoms with Crippen LogP contribution >= 0.6 is 22.9 Å². The molecule has 0 radical (unpaired) electrons. The standard InChI is InChI=1S/C14H15ClN4O3S/c1-3-4-8(2)13-17-18-14(23-13)16-12(20)10-6-5-9(19(21)22)7-11(10)15/h5-8H,3-4H2,1-2H3,(H,16,18,20). The number of non-ortho nitro benzene ring substituents is 1. The van der Waals surface area contributed by atoms with E-state index < -0.39 is 10.8 Å². The molecule has 0 aliphatic carbocycles. The monoisotopic (exact) mass is 354 g/mol. The first kappa shape index (κ1) is 17.3. The Hall–Kier alpha value is -2.06. The van der Waals surface area contributed by atoms with E-state index in [1.165, 1.54) is 23.5 Å². The Labute approximate surface area is 141 Å². The first-order valence-corrected chi connectivity index (χ1v) is 8.20. The molecule has 9 heteroatoms. The predicted octanol–water partition coefficient (Wildman–Crippen LogP) is 4.26. The molecule has 1 amide bonds. The van der Waals surface area contributed by atoms with E-state index in [1.54, 1.807) is 0 Å². The van der Waals surface area contributed by atoms with Crippen molar-refractivity contribution in [3.63, 3.8) is 0 Å². The highest BCUT2D eigenvalue weighted by Gasteiger charge is 2.17. The molecule has 1 aromatic heterocycles. The maximum atomic E-state index is 12.2. The number of carbonyl (C=O) groups is 1. The molecule has 1 aromatic carbocycles. The molecule has 0 bridgehead atoms. The van der Waals surface area contributed by atoms with E-state index >= 15 is 0 Å². The third-order valence-electron chi connectivity index (χ3n) is 3.21. The van der Waals surface area contributed by atoms with Gasteiger partial charge in [-0.05, 0) is 12.5 Å². The van der Waals surface area contributed by atoms with Crippen molar-refractivity contribution < 1.29 is 9.72 Å². The number of anilines is 1. The summed E-state index contributed by atoms with van der Waals surface area (Å²) >= 11 is 7.25. The fraction of sp³-hybridized carbons (Fsp3) is 0.357. The number of benzene rings is 1. The maximum absolute atomic E-state index is 12.2. The third-order valence-corrected chi connectivity index (χ3v) is 4.60. The van der Waals surface area contributed by atoms with Crippen LogP contribution in [0.2, 0.25) is 5.02 Å². The summed E-state index contributed by atoms with van der Waals surface area (Å²) in [6.07, 6.45) is 2.04. The highest BCUT2D eigenvalue weighted by atomic mass is 35.5. The normalized spacial score (nSPS) is 12.0. The topological polar surface area (TPSA) is 98.0 Å². The van der Waals surface area contributed by atoms with Gasteiger partial charge in [0.05, 0.1) is 15.5 Å². The fourth-order valence-corrected chi connectivity index (χ4v) is 3.09. The molecule has 0 saturated heterocycles. The Balaban J connectivity index is 2.12. The summed E-state index contributed by atoms with van der Waals surface area (Å²) in [6.45, 7) is 4.15. The van der Waals surface area contributed by atoms with Gasteiger partial charge in [0.25, 0.3) is 11.6 Å². The Morgan fingerprint density at radius 1 is 1.48 bits per heavy atom. The number of nitro groups is 1. The minimum Gasteiger partial charge on any atom is -0.296 e. The van der Waals surface area contributed by atoms with Crippen LogP contribution in [0.3, 0.4) is 0 Å². The minimum atomic E-state index is -0.570. The number of hydrogen-bond acceptors (Lipinski definition) is 6. The molecule has 1 N–H and O–H groups in total. The lowest BCUT2D eigenvalue weighted by Gasteiger charge is -2.04. The highest BCUT2D eigenvalue weighted by Crippen LogP contribution is 2.28. The fourth-order valence-electron chi connectivity index (χ4n) is 2.01. The Morgan fingerprint density at radius 2 is 2.22 bits per heavy atom. The third kappa shape index (κ3) is 4.23. The number of carbonyl (C=O) groups excluding carboxylic acids is 1. The summed E-state index contributed by atoms with van der Waals surface area (Å²) in [4.78, 5) is 22.3. The molecule has 0 saturated carbocycles. The van der Waals surface area contributed by atoms with Gasteiger partial charge >= 0.3 is 0 Å². The van der Waals surface area contributed by atoms with E-state index in [4.69, 9.17) is 11.6 Å². The van der Waals surface area contributed by atoms with Gasteiger partial charge in [-0.15, -0.1) is 10.2 Å². The van der Waals surface area contributed by atoms with E-state index in [1.807, 2.05) is 0 Å². The zero-order valence-electron chi connectivity index (χ0n) is 12.6. The molecular formula is C14H15ClN4O3S. The predicted molar refractivity (Wildman–Crippen MR) is 89.3 cm³/mol. The molecule has 0 aliphatic heterocycles. The van der Waals surface area contributed by atoms with Crippen LogP contribution in [0.25, 0.3) is 0 Å². The van der Waals surface area contributed by atoms with Crippen molar-refractivity contribution in [1.82, 2.24) is 10.2 Å². The second-order valence-corrected chi connectivity index (χ2v) is 6.43. The molecular weight excluding hydrogens is 340 g/mol. The van der Waals surface area contributed by atoms with Crippen LogP contribution in [0.1, 0.15) is 48.0 Å². The van der Waals surface area contributed by atoms with Crippen LogP contribution in [0.4, 0.5) is 10.8 Å². The molecule has 2 rings (SSSR count). The van der Waals surface area contributed by atoms with Crippen molar-refractivity contribution in [3.05, 3.63) is 43.9 Å². The number of aromatic nitrogens is 2. The first-order chi connectivity index (χ1) is 10.9. The largest absolute Gasteiger partial charge is 0.296 e. The quantitative estimate of drug-likeness (QED) is 0.617. The van der Waals surface area contributed by atoms with E-state index in [0.29, 0.717) is 5.13 Å². The van der Waals surface area contributed by atoms with Gasteiger partial charge in [0.15, 0.2) is 0 Å². The van der Waals surface area contributed by atoms with Gasteiger partial charge in [0.2, 0.25) is 5.13 Å². The molecule has 0 spiro atoms. The lowest BCUT2D eigenvalue weighted by Crippen LogP contribution is -2.12. The van der Waals surface area contributed by atoms with Crippen LogP contribution in [-0.2, 0) is 0 Å². The molecule has 1 heterocycles. The second kappa shape index (κ2) is 7.47. The summed E-state index contributed by atoms with van der Waals surface area (Å²) in [5.74, 6) is -0.193. The van der Waals surface area contributed by atoms with Crippen LogP contribution in [0.15, 0.2) is 18.2 Å². The first-order valence-electron chi connectivity index (χ1n) is 7.01. The van der Waals surface area contributed by atoms with Gasteiger partial charge in [0, 0.05) is 18.1 Å². The smallest absolute Gasteiger partial charge is 0.270 e. The van der Waals surface area contributed by atoms with Crippen LogP contribution in [0.5, 0.6) is 0 Å². The van der Waals surface area contributed by atoms with Crippen molar-refractivity contribution in [3.8, 4) is 0 Å². The molecule has 7 nitrogen and oxygen atoms in total. The van der Waals surface area contributed by atoms with Crippen LogP contribution < -0.4 is 5.32 Å². The molecule has 0 fully saturated rings. The molecule has 2 aromatic rings. The van der Waals surface area contributed by atoms with Gasteiger partial charge in [-0.3, -0.25) is 20.2 Å². The zero-order valence-corrected chi connectivity index (χ0v) is 14.1. The van der Waals surface area contributed by atoms with E-state index in [9.17, 15) is 14.9 Å². The van der Waals surface area contributed by atoms with Gasteiger partial charge in [0.1, 0.15) is 5.01 Å². The van der Waals surface area contributed by atoms with Crippen LogP contribution in [0, 0.1) is 10.1 Å². The number of halogens is 1.